The van der Waals surface area contributed by atoms with Gasteiger partial charge in [-0.15, -0.1) is 0 Å². The van der Waals surface area contributed by atoms with Gasteiger partial charge in [0.25, 0.3) is 0 Å². The molecule has 2 aliphatic rings. The van der Waals surface area contributed by atoms with Crippen molar-refractivity contribution in [3.63, 3.8) is 0 Å². The predicted octanol–water partition coefficient (Wildman–Crippen LogP) is 0.108. The zero-order chi connectivity index (χ0) is 23.0. The number of benzene rings is 2. The highest BCUT2D eigenvalue weighted by Gasteiger charge is 2.37. The van der Waals surface area contributed by atoms with E-state index >= 15 is 0 Å². The van der Waals surface area contributed by atoms with Crippen LogP contribution >= 0.6 is 0 Å². The Balaban J connectivity index is 1.39. The molecule has 2 heterocycles. The number of fused-ring (bicyclic) bond motifs is 1. The molecule has 0 spiro atoms. The quantitative estimate of drug-likeness (QED) is 0.390. The minimum Gasteiger partial charge on any atom is -0.669 e. The maximum Gasteiger partial charge on any atom is 0.430 e. The number of rotatable bonds is 6. The van der Waals surface area contributed by atoms with E-state index in [1.165, 1.54) is 23.1 Å². The van der Waals surface area contributed by atoms with Crippen LogP contribution in [0.2, 0.25) is 6.32 Å². The van der Waals surface area contributed by atoms with Crippen LogP contribution in [-0.4, -0.2) is 69.0 Å². The third-order valence-corrected chi connectivity index (χ3v) is 5.67. The van der Waals surface area contributed by atoms with Crippen molar-refractivity contribution in [2.75, 3.05) is 13.1 Å². The van der Waals surface area contributed by atoms with Crippen LogP contribution in [0.25, 0.3) is 0 Å². The zero-order valence-electron chi connectivity index (χ0n) is 17.2. The molecular formula is C21H24BN2O8-. The second kappa shape index (κ2) is 8.34. The van der Waals surface area contributed by atoms with E-state index in [1.807, 2.05) is 0 Å². The number of aromatic hydroxyl groups is 1. The van der Waals surface area contributed by atoms with Gasteiger partial charge in [0.1, 0.15) is 23.2 Å². The van der Waals surface area contributed by atoms with Gasteiger partial charge in [-0.1, -0.05) is 24.5 Å². The third-order valence-electron chi connectivity index (χ3n) is 5.67. The second-order valence-electron chi connectivity index (χ2n) is 8.21. The van der Waals surface area contributed by atoms with E-state index in [2.05, 4.69) is 0 Å². The number of carboxylic acids is 1. The molecule has 1 amide bonds. The van der Waals surface area contributed by atoms with Crippen molar-refractivity contribution < 1.29 is 39.2 Å². The summed E-state index contributed by atoms with van der Waals surface area (Å²) >= 11 is 0. The van der Waals surface area contributed by atoms with Crippen molar-refractivity contribution in [1.82, 2.24) is 4.90 Å². The number of carbonyl (C=O) groups is 2. The third kappa shape index (κ3) is 4.50. The number of hydrogen-bond acceptors (Lipinski definition) is 8. The van der Waals surface area contributed by atoms with Crippen molar-refractivity contribution >= 4 is 18.6 Å². The van der Waals surface area contributed by atoms with E-state index in [1.54, 1.807) is 18.2 Å². The van der Waals surface area contributed by atoms with Crippen molar-refractivity contribution in [1.29, 1.82) is 0 Å². The largest absolute Gasteiger partial charge is 0.669 e. The smallest absolute Gasteiger partial charge is 0.430 e. The Morgan fingerprint density at radius 2 is 1.88 bits per heavy atom. The number of ether oxygens (including phenoxy) is 1. The molecule has 0 bridgehead atoms. The van der Waals surface area contributed by atoms with Crippen LogP contribution < -0.4 is 15.1 Å². The normalized spacial score (nSPS) is 18.2. The van der Waals surface area contributed by atoms with Crippen molar-refractivity contribution in [2.45, 2.75) is 31.3 Å². The Labute approximate surface area is 183 Å². The molecule has 1 fully saturated rings. The molecule has 2 aromatic rings. The van der Waals surface area contributed by atoms with Crippen LogP contribution in [0.15, 0.2) is 36.4 Å². The fourth-order valence-corrected chi connectivity index (χ4v) is 3.91. The molecule has 1 saturated heterocycles. The SMILES string of the molecule is N[C@H](Cc1ccc(O)cc1)C(=O)N1CC(Oc2ccc3c(c2C(=O)O)O[B-](O)(O)CC3)C1. The first kappa shape index (κ1) is 21.9. The van der Waals surface area contributed by atoms with Gasteiger partial charge in [-0.3, -0.25) is 4.79 Å². The second-order valence-corrected chi connectivity index (χ2v) is 8.21. The molecule has 2 aliphatic heterocycles. The topological polar surface area (TPSA) is 163 Å². The van der Waals surface area contributed by atoms with Gasteiger partial charge >= 0.3 is 12.7 Å². The molecule has 0 aromatic heterocycles. The van der Waals surface area contributed by atoms with E-state index in [9.17, 15) is 29.9 Å². The summed E-state index contributed by atoms with van der Waals surface area (Å²) in [5.74, 6) is -1.49. The fraction of sp³-hybridized carbons (Fsp3) is 0.333. The van der Waals surface area contributed by atoms with Gasteiger partial charge in [-0.25, -0.2) is 4.79 Å². The Morgan fingerprint density at radius 1 is 1.19 bits per heavy atom. The molecule has 0 unspecified atom stereocenters. The Kier molecular flexibility index (Phi) is 5.72. The van der Waals surface area contributed by atoms with Crippen LogP contribution in [0.5, 0.6) is 17.2 Å². The average molecular weight is 443 g/mol. The lowest BCUT2D eigenvalue weighted by Gasteiger charge is -2.41. The van der Waals surface area contributed by atoms with Crippen LogP contribution in [0.3, 0.4) is 0 Å². The summed E-state index contributed by atoms with van der Waals surface area (Å²) < 4.78 is 10.9. The number of likely N-dealkylation sites (tertiary alicyclic amines) is 1. The number of hydrogen-bond donors (Lipinski definition) is 5. The molecule has 10 nitrogen and oxygen atoms in total. The van der Waals surface area contributed by atoms with E-state index < -0.39 is 24.9 Å². The van der Waals surface area contributed by atoms with E-state index in [-0.39, 0.29) is 54.5 Å². The fourth-order valence-electron chi connectivity index (χ4n) is 3.91. The maximum atomic E-state index is 12.6. The molecule has 2 aromatic carbocycles. The van der Waals surface area contributed by atoms with Gasteiger partial charge in [0.2, 0.25) is 5.91 Å². The maximum absolute atomic E-state index is 12.6. The molecular weight excluding hydrogens is 419 g/mol. The highest BCUT2D eigenvalue weighted by atomic mass is 16.6. The standard InChI is InChI=1S/C21H24BN2O8/c23-16(9-12-1-4-14(25)5-2-12)20(26)24-10-15(11-24)31-17-6-3-13-7-8-22(29,30)32-19(13)18(17)21(27)28/h1-6,15-16,25,29-30H,7-11,23H2,(H,27,28)/q-1/t16-/m1/s1. The van der Waals surface area contributed by atoms with Crippen molar-refractivity contribution in [3.05, 3.63) is 53.1 Å². The Bertz CT molecular complexity index is 1040. The highest BCUT2D eigenvalue weighted by molar-refractivity contribution is 6.59. The first-order valence-electron chi connectivity index (χ1n) is 10.3. The van der Waals surface area contributed by atoms with Gasteiger partial charge in [-0.05, 0) is 42.2 Å². The lowest BCUT2D eigenvalue weighted by molar-refractivity contribution is -0.141. The number of nitrogens with zero attached hydrogens (tertiary/aromatic N) is 1. The number of nitrogens with two attached hydrogens (primary N) is 1. The number of carboxylic acid groups (broad SMARTS) is 1. The molecule has 6 N–H and O–H groups in total. The summed E-state index contributed by atoms with van der Waals surface area (Å²) in [4.78, 5) is 25.9. The molecule has 32 heavy (non-hydrogen) atoms. The van der Waals surface area contributed by atoms with Crippen LogP contribution in [-0.2, 0) is 17.6 Å². The van der Waals surface area contributed by atoms with E-state index in [0.717, 1.165) is 5.56 Å². The Morgan fingerprint density at radius 3 is 2.53 bits per heavy atom. The lowest BCUT2D eigenvalue weighted by atomic mass is 9.70. The van der Waals surface area contributed by atoms with Gasteiger partial charge in [0, 0.05) is 0 Å². The van der Waals surface area contributed by atoms with Gasteiger partial charge < -0.3 is 40.3 Å². The first-order valence-corrected chi connectivity index (χ1v) is 10.3. The lowest BCUT2D eigenvalue weighted by Crippen LogP contribution is -2.60. The number of carbonyl (C=O) groups excluding carboxylic acids is 1. The minimum absolute atomic E-state index is 0.0175. The van der Waals surface area contributed by atoms with Gasteiger partial charge in [0.15, 0.2) is 0 Å². The number of phenols is 1. The summed E-state index contributed by atoms with van der Waals surface area (Å²) in [5, 5.41) is 38.6. The molecule has 0 saturated carbocycles. The molecule has 0 radical (unpaired) electrons. The summed E-state index contributed by atoms with van der Waals surface area (Å²) in [6, 6.07) is 8.85. The van der Waals surface area contributed by atoms with Crippen molar-refractivity contribution in [3.8, 4) is 17.2 Å². The monoisotopic (exact) mass is 443 g/mol. The van der Waals surface area contributed by atoms with Gasteiger partial charge in [0.05, 0.1) is 24.9 Å². The van der Waals surface area contributed by atoms with Crippen molar-refractivity contribution in [2.24, 2.45) is 5.73 Å². The molecule has 170 valence electrons. The summed E-state index contributed by atoms with van der Waals surface area (Å²) in [6.45, 7) is -2.63. The molecule has 4 rings (SSSR count). The zero-order valence-corrected chi connectivity index (χ0v) is 17.2. The van der Waals surface area contributed by atoms with Crippen LogP contribution in [0.1, 0.15) is 21.5 Å². The molecule has 1 atom stereocenters. The average Bonchev–Trinajstić information content (AvgIpc) is 2.70. The molecule has 11 heteroatoms. The number of aromatic carboxylic acids is 1. The predicted molar refractivity (Wildman–Crippen MR) is 114 cm³/mol. The first-order chi connectivity index (χ1) is 15.1. The van der Waals surface area contributed by atoms with E-state index in [4.69, 9.17) is 15.1 Å². The number of aryl methyl sites for hydroxylation is 1. The Hall–Kier alpha value is -3.28. The van der Waals surface area contributed by atoms with E-state index in [0.29, 0.717) is 12.0 Å². The van der Waals surface area contributed by atoms with Gasteiger partial charge in [-0.2, -0.15) is 0 Å². The summed E-state index contributed by atoms with van der Waals surface area (Å²) in [6.07, 6.45) is 0.139. The highest BCUT2D eigenvalue weighted by Crippen LogP contribution is 2.39. The van der Waals surface area contributed by atoms with Crippen LogP contribution in [0, 0.1) is 0 Å². The number of amides is 1. The van der Waals surface area contributed by atoms with Crippen LogP contribution in [0.4, 0.5) is 0 Å². The summed E-state index contributed by atoms with van der Waals surface area (Å²) in [5.41, 5.74) is 7.13. The summed E-state index contributed by atoms with van der Waals surface area (Å²) in [7, 11) is 0. The molecule has 0 aliphatic carbocycles. The minimum atomic E-state index is -3.12. The number of phenolic OH excluding ortho intramolecular Hbond substituents is 1.